The molecule has 1 fully saturated rings. The van der Waals surface area contributed by atoms with E-state index >= 15 is 0 Å². The number of thioether (sulfide) groups is 1. The monoisotopic (exact) mass is 312 g/mol. The molecule has 1 saturated heterocycles. The molecule has 1 atom stereocenters. The molecular formula is C12H16N4O2S2. The van der Waals surface area contributed by atoms with Crippen LogP contribution in [0.2, 0.25) is 0 Å². The van der Waals surface area contributed by atoms with Gasteiger partial charge in [0.05, 0.1) is 11.8 Å². The molecule has 1 N–H and O–H groups in total. The maximum Gasteiger partial charge on any atom is 0.206 e. The normalized spacial score (nSPS) is 18.6. The number of ether oxygens (including phenoxy) is 1. The SMILES string of the molecule is Cc1cc(CSc2nnc(NCC3CCCO3)s2)no1. The minimum Gasteiger partial charge on any atom is -0.376 e. The van der Waals surface area contributed by atoms with Crippen molar-refractivity contribution < 1.29 is 9.26 Å². The van der Waals surface area contributed by atoms with Crippen LogP contribution in [0.15, 0.2) is 14.9 Å². The number of nitrogens with zero attached hydrogens (tertiary/aromatic N) is 3. The van der Waals surface area contributed by atoms with E-state index in [1.54, 1.807) is 23.1 Å². The quantitative estimate of drug-likeness (QED) is 0.822. The van der Waals surface area contributed by atoms with Gasteiger partial charge in [0.1, 0.15) is 5.76 Å². The maximum atomic E-state index is 5.56. The highest BCUT2D eigenvalue weighted by Crippen LogP contribution is 2.28. The van der Waals surface area contributed by atoms with Crippen LogP contribution in [0.3, 0.4) is 0 Å². The zero-order chi connectivity index (χ0) is 13.8. The van der Waals surface area contributed by atoms with Gasteiger partial charge in [0, 0.05) is 25.0 Å². The van der Waals surface area contributed by atoms with Crippen molar-refractivity contribution in [3.05, 3.63) is 17.5 Å². The van der Waals surface area contributed by atoms with Crippen LogP contribution < -0.4 is 5.32 Å². The molecule has 1 unspecified atom stereocenters. The number of rotatable bonds is 6. The number of nitrogens with one attached hydrogen (secondary N) is 1. The van der Waals surface area contributed by atoms with Crippen LogP contribution in [0.5, 0.6) is 0 Å². The van der Waals surface area contributed by atoms with E-state index in [0.717, 1.165) is 52.7 Å². The molecule has 0 bridgehead atoms. The third-order valence-electron chi connectivity index (χ3n) is 2.93. The number of aromatic nitrogens is 3. The summed E-state index contributed by atoms with van der Waals surface area (Å²) in [6.45, 7) is 3.57. The molecule has 0 aromatic carbocycles. The van der Waals surface area contributed by atoms with E-state index in [0.29, 0.717) is 6.10 Å². The van der Waals surface area contributed by atoms with Gasteiger partial charge in [-0.15, -0.1) is 10.2 Å². The third-order valence-corrected chi connectivity index (χ3v) is 4.98. The molecule has 2 aromatic heterocycles. The Morgan fingerprint density at radius 1 is 1.50 bits per heavy atom. The standard InChI is InChI=1S/C12H16N4O2S2/c1-8-5-9(16-18-8)7-19-12-15-14-11(20-12)13-6-10-3-2-4-17-10/h5,10H,2-4,6-7H2,1H3,(H,13,14). The topological polar surface area (TPSA) is 73.1 Å². The lowest BCUT2D eigenvalue weighted by molar-refractivity contribution is 0.120. The molecule has 6 nitrogen and oxygen atoms in total. The van der Waals surface area contributed by atoms with E-state index in [2.05, 4.69) is 20.7 Å². The van der Waals surface area contributed by atoms with Crippen LogP contribution in [-0.2, 0) is 10.5 Å². The summed E-state index contributed by atoms with van der Waals surface area (Å²) in [5.74, 6) is 1.58. The van der Waals surface area contributed by atoms with Crippen LogP contribution in [0.4, 0.5) is 5.13 Å². The molecule has 3 rings (SSSR count). The molecule has 8 heteroatoms. The van der Waals surface area contributed by atoms with Crippen molar-refractivity contribution in [2.75, 3.05) is 18.5 Å². The largest absolute Gasteiger partial charge is 0.376 e. The van der Waals surface area contributed by atoms with Crippen molar-refractivity contribution >= 4 is 28.2 Å². The molecule has 0 aliphatic carbocycles. The summed E-state index contributed by atoms with van der Waals surface area (Å²) in [7, 11) is 0. The molecule has 20 heavy (non-hydrogen) atoms. The van der Waals surface area contributed by atoms with E-state index in [-0.39, 0.29) is 0 Å². The second kappa shape index (κ2) is 6.55. The minimum absolute atomic E-state index is 0.313. The number of hydrogen-bond acceptors (Lipinski definition) is 8. The fourth-order valence-corrected chi connectivity index (χ4v) is 3.61. The highest BCUT2D eigenvalue weighted by Gasteiger charge is 2.16. The van der Waals surface area contributed by atoms with Crippen molar-refractivity contribution in [1.29, 1.82) is 0 Å². The van der Waals surface area contributed by atoms with Gasteiger partial charge in [0.2, 0.25) is 5.13 Å². The van der Waals surface area contributed by atoms with Crippen LogP contribution >= 0.6 is 23.1 Å². The lowest BCUT2D eigenvalue weighted by Gasteiger charge is -2.08. The van der Waals surface area contributed by atoms with Gasteiger partial charge in [-0.25, -0.2) is 0 Å². The van der Waals surface area contributed by atoms with Crippen molar-refractivity contribution in [2.45, 2.75) is 36.0 Å². The second-order valence-corrected chi connectivity index (χ2v) is 6.81. The van der Waals surface area contributed by atoms with Crippen molar-refractivity contribution in [2.24, 2.45) is 0 Å². The number of aryl methyl sites for hydroxylation is 1. The van der Waals surface area contributed by atoms with Crippen molar-refractivity contribution in [3.63, 3.8) is 0 Å². The Morgan fingerprint density at radius 2 is 2.45 bits per heavy atom. The summed E-state index contributed by atoms with van der Waals surface area (Å²) in [6.07, 6.45) is 2.59. The third kappa shape index (κ3) is 3.71. The highest BCUT2D eigenvalue weighted by molar-refractivity contribution is 8.00. The first-order valence-corrected chi connectivity index (χ1v) is 8.34. The second-order valence-electron chi connectivity index (χ2n) is 4.61. The van der Waals surface area contributed by atoms with Gasteiger partial charge in [-0.05, 0) is 19.8 Å². The fourth-order valence-electron chi connectivity index (χ4n) is 1.97. The summed E-state index contributed by atoms with van der Waals surface area (Å²) in [4.78, 5) is 0. The molecule has 0 amide bonds. The van der Waals surface area contributed by atoms with E-state index in [9.17, 15) is 0 Å². The van der Waals surface area contributed by atoms with Crippen LogP contribution in [0.25, 0.3) is 0 Å². The predicted octanol–water partition coefficient (Wildman–Crippen LogP) is 2.72. The molecule has 1 aliphatic heterocycles. The molecule has 0 radical (unpaired) electrons. The summed E-state index contributed by atoms with van der Waals surface area (Å²) in [6, 6.07) is 1.94. The maximum absolute atomic E-state index is 5.56. The molecule has 0 saturated carbocycles. The Labute approximate surface area is 125 Å². The Bertz CT molecular complexity index is 551. The van der Waals surface area contributed by atoms with E-state index in [1.165, 1.54) is 0 Å². The Morgan fingerprint density at radius 3 is 3.20 bits per heavy atom. The smallest absolute Gasteiger partial charge is 0.206 e. The molecule has 1 aliphatic rings. The minimum atomic E-state index is 0.313. The van der Waals surface area contributed by atoms with Gasteiger partial charge in [0.15, 0.2) is 4.34 Å². The lowest BCUT2D eigenvalue weighted by Crippen LogP contribution is -2.18. The molecule has 0 spiro atoms. The molecule has 2 aromatic rings. The summed E-state index contributed by atoms with van der Waals surface area (Å²) in [5, 5.41) is 16.4. The predicted molar refractivity (Wildman–Crippen MR) is 78.2 cm³/mol. The number of anilines is 1. The molecule has 108 valence electrons. The van der Waals surface area contributed by atoms with Crippen LogP contribution in [0.1, 0.15) is 24.3 Å². The Balaban J connectivity index is 1.46. The first-order chi connectivity index (χ1) is 9.79. The van der Waals surface area contributed by atoms with Gasteiger partial charge < -0.3 is 14.6 Å². The first-order valence-electron chi connectivity index (χ1n) is 6.53. The van der Waals surface area contributed by atoms with Gasteiger partial charge in [0.25, 0.3) is 0 Å². The highest BCUT2D eigenvalue weighted by atomic mass is 32.2. The number of hydrogen-bond donors (Lipinski definition) is 1. The van der Waals surface area contributed by atoms with E-state index in [4.69, 9.17) is 9.26 Å². The van der Waals surface area contributed by atoms with Crippen molar-refractivity contribution in [3.8, 4) is 0 Å². The van der Waals surface area contributed by atoms with Crippen molar-refractivity contribution in [1.82, 2.24) is 15.4 Å². The summed E-state index contributed by atoms with van der Waals surface area (Å²) in [5.41, 5.74) is 0.927. The fraction of sp³-hybridized carbons (Fsp3) is 0.583. The Kier molecular flexibility index (Phi) is 4.54. The molecular weight excluding hydrogens is 296 g/mol. The van der Waals surface area contributed by atoms with Gasteiger partial charge in [-0.1, -0.05) is 28.3 Å². The summed E-state index contributed by atoms with van der Waals surface area (Å²) >= 11 is 3.17. The zero-order valence-electron chi connectivity index (χ0n) is 11.2. The first kappa shape index (κ1) is 13.8. The van der Waals surface area contributed by atoms with Gasteiger partial charge in [-0.3, -0.25) is 0 Å². The van der Waals surface area contributed by atoms with E-state index < -0.39 is 0 Å². The average Bonchev–Trinajstić information content (AvgIpc) is 3.16. The zero-order valence-corrected chi connectivity index (χ0v) is 12.8. The average molecular weight is 312 g/mol. The summed E-state index contributed by atoms with van der Waals surface area (Å²) < 4.78 is 11.5. The van der Waals surface area contributed by atoms with Gasteiger partial charge >= 0.3 is 0 Å². The lowest BCUT2D eigenvalue weighted by atomic mass is 10.2. The van der Waals surface area contributed by atoms with E-state index in [1.807, 2.05) is 13.0 Å². The van der Waals surface area contributed by atoms with Crippen LogP contribution in [-0.4, -0.2) is 34.6 Å². The molecule has 3 heterocycles. The van der Waals surface area contributed by atoms with Crippen LogP contribution in [0, 0.1) is 6.92 Å². The van der Waals surface area contributed by atoms with Gasteiger partial charge in [-0.2, -0.15) is 0 Å². The Hall–Kier alpha value is -1.12.